The summed E-state index contributed by atoms with van der Waals surface area (Å²) in [6.07, 6.45) is 0.985. The number of rotatable bonds is 7. The van der Waals surface area contributed by atoms with Crippen LogP contribution >= 0.6 is 12.2 Å². The molecule has 0 fully saturated rings. The van der Waals surface area contributed by atoms with Crippen molar-refractivity contribution < 1.29 is 14.2 Å². The predicted octanol–water partition coefficient (Wildman–Crippen LogP) is 3.76. The maximum Gasteiger partial charge on any atom is 0.171 e. The van der Waals surface area contributed by atoms with Gasteiger partial charge in [-0.3, -0.25) is 0 Å². The molecule has 0 bridgehead atoms. The van der Waals surface area contributed by atoms with Crippen molar-refractivity contribution in [3.63, 3.8) is 0 Å². The van der Waals surface area contributed by atoms with Gasteiger partial charge in [0, 0.05) is 23.9 Å². The van der Waals surface area contributed by atoms with Crippen molar-refractivity contribution in [3.05, 3.63) is 47.5 Å². The fraction of sp³-hybridized carbons (Fsp3) is 0.316. The summed E-state index contributed by atoms with van der Waals surface area (Å²) in [5.41, 5.74) is 3.15. The molecule has 5 nitrogen and oxygen atoms in total. The summed E-state index contributed by atoms with van der Waals surface area (Å²) < 4.78 is 16.1. The van der Waals surface area contributed by atoms with E-state index < -0.39 is 0 Å². The molecule has 0 amide bonds. The predicted molar refractivity (Wildman–Crippen MR) is 105 cm³/mol. The Morgan fingerprint density at radius 1 is 0.960 bits per heavy atom. The second kappa shape index (κ2) is 9.13. The standard InChI is InChI=1S/C19H24N2O3S/c1-5-13-7-6-8-15(9-13)21-19(25)20-12-14-10-17(23-3)18(24-4)11-16(14)22-2/h6-11H,5,12H2,1-4H3,(H2,20,21,25). The van der Waals surface area contributed by atoms with E-state index in [-0.39, 0.29) is 0 Å². The summed E-state index contributed by atoms with van der Waals surface area (Å²) in [5, 5.41) is 6.94. The van der Waals surface area contributed by atoms with Gasteiger partial charge in [0.1, 0.15) is 5.75 Å². The van der Waals surface area contributed by atoms with Gasteiger partial charge in [0.25, 0.3) is 0 Å². The van der Waals surface area contributed by atoms with E-state index in [1.807, 2.05) is 18.2 Å². The lowest BCUT2D eigenvalue weighted by atomic mass is 10.1. The lowest BCUT2D eigenvalue weighted by Crippen LogP contribution is -2.28. The van der Waals surface area contributed by atoms with Crippen molar-refractivity contribution in [2.45, 2.75) is 19.9 Å². The Bertz CT molecular complexity index is 735. The Kier molecular flexibility index (Phi) is 6.89. The summed E-state index contributed by atoms with van der Waals surface area (Å²) >= 11 is 5.39. The van der Waals surface area contributed by atoms with Crippen LogP contribution in [0.4, 0.5) is 5.69 Å². The SMILES string of the molecule is CCc1cccc(NC(=S)NCc2cc(OC)c(OC)cc2OC)c1. The highest BCUT2D eigenvalue weighted by Crippen LogP contribution is 2.34. The van der Waals surface area contributed by atoms with Crippen molar-refractivity contribution in [1.82, 2.24) is 5.32 Å². The van der Waals surface area contributed by atoms with E-state index in [0.717, 1.165) is 17.7 Å². The van der Waals surface area contributed by atoms with Gasteiger partial charge < -0.3 is 24.8 Å². The molecule has 0 atom stereocenters. The summed E-state index contributed by atoms with van der Waals surface area (Å²) in [6.45, 7) is 2.63. The molecule has 2 aromatic rings. The third-order valence-electron chi connectivity index (χ3n) is 3.82. The molecule has 25 heavy (non-hydrogen) atoms. The van der Waals surface area contributed by atoms with E-state index in [1.165, 1.54) is 5.56 Å². The van der Waals surface area contributed by atoms with Crippen LogP contribution in [0.1, 0.15) is 18.1 Å². The van der Waals surface area contributed by atoms with Crippen molar-refractivity contribution in [2.75, 3.05) is 26.6 Å². The second-order valence-electron chi connectivity index (χ2n) is 5.38. The number of hydrogen-bond donors (Lipinski definition) is 2. The average molecular weight is 360 g/mol. The number of aryl methyl sites for hydroxylation is 1. The fourth-order valence-electron chi connectivity index (χ4n) is 2.45. The van der Waals surface area contributed by atoms with E-state index in [9.17, 15) is 0 Å². The number of benzene rings is 2. The largest absolute Gasteiger partial charge is 0.496 e. The smallest absolute Gasteiger partial charge is 0.171 e. The highest BCUT2D eigenvalue weighted by atomic mass is 32.1. The van der Waals surface area contributed by atoms with Gasteiger partial charge >= 0.3 is 0 Å². The van der Waals surface area contributed by atoms with Gasteiger partial charge in [-0.15, -0.1) is 0 Å². The maximum atomic E-state index is 5.43. The molecule has 2 N–H and O–H groups in total. The third-order valence-corrected chi connectivity index (χ3v) is 4.07. The van der Waals surface area contributed by atoms with Gasteiger partial charge in [-0.2, -0.15) is 0 Å². The fourth-order valence-corrected chi connectivity index (χ4v) is 2.64. The number of ether oxygens (including phenoxy) is 3. The maximum absolute atomic E-state index is 5.43. The first-order valence-corrected chi connectivity index (χ1v) is 8.44. The van der Waals surface area contributed by atoms with Crippen LogP contribution < -0.4 is 24.8 Å². The van der Waals surface area contributed by atoms with Crippen molar-refractivity contribution in [1.29, 1.82) is 0 Å². The van der Waals surface area contributed by atoms with Crippen LogP contribution in [0.25, 0.3) is 0 Å². The lowest BCUT2D eigenvalue weighted by molar-refractivity contribution is 0.347. The first kappa shape index (κ1) is 18.9. The van der Waals surface area contributed by atoms with Crippen LogP contribution in [0.15, 0.2) is 36.4 Å². The molecule has 2 aromatic carbocycles. The summed E-state index contributed by atoms with van der Waals surface area (Å²) in [5.74, 6) is 1.98. The van der Waals surface area contributed by atoms with E-state index in [2.05, 4.69) is 29.7 Å². The average Bonchev–Trinajstić information content (AvgIpc) is 2.65. The minimum atomic E-state index is 0.503. The van der Waals surface area contributed by atoms with Gasteiger partial charge in [-0.1, -0.05) is 19.1 Å². The van der Waals surface area contributed by atoms with Crippen LogP contribution in [-0.4, -0.2) is 26.4 Å². The van der Waals surface area contributed by atoms with Crippen molar-refractivity contribution in [3.8, 4) is 17.2 Å². The van der Waals surface area contributed by atoms with Crippen LogP contribution in [0.2, 0.25) is 0 Å². The number of methoxy groups -OCH3 is 3. The molecule has 0 saturated carbocycles. The zero-order valence-electron chi connectivity index (χ0n) is 15.0. The molecule has 6 heteroatoms. The molecular weight excluding hydrogens is 336 g/mol. The van der Waals surface area contributed by atoms with E-state index in [4.69, 9.17) is 26.4 Å². The minimum Gasteiger partial charge on any atom is -0.496 e. The van der Waals surface area contributed by atoms with E-state index in [0.29, 0.717) is 28.9 Å². The Morgan fingerprint density at radius 2 is 1.64 bits per heavy atom. The quantitative estimate of drug-likeness (QED) is 0.733. The van der Waals surface area contributed by atoms with Crippen molar-refractivity contribution >= 4 is 23.0 Å². The lowest BCUT2D eigenvalue weighted by Gasteiger charge is -2.16. The summed E-state index contributed by atoms with van der Waals surface area (Å²) in [7, 11) is 4.82. The Labute approximate surface area is 154 Å². The molecular formula is C19H24N2O3S. The normalized spacial score (nSPS) is 10.1. The highest BCUT2D eigenvalue weighted by molar-refractivity contribution is 7.80. The van der Waals surface area contributed by atoms with Crippen LogP contribution in [-0.2, 0) is 13.0 Å². The van der Waals surface area contributed by atoms with Crippen LogP contribution in [0.3, 0.4) is 0 Å². The highest BCUT2D eigenvalue weighted by Gasteiger charge is 2.12. The zero-order chi connectivity index (χ0) is 18.2. The van der Waals surface area contributed by atoms with Crippen LogP contribution in [0.5, 0.6) is 17.2 Å². The number of anilines is 1. The summed E-state index contributed by atoms with van der Waals surface area (Å²) in [4.78, 5) is 0. The molecule has 0 spiro atoms. The van der Waals surface area contributed by atoms with Gasteiger partial charge in [-0.25, -0.2) is 0 Å². The Morgan fingerprint density at radius 3 is 2.28 bits per heavy atom. The molecule has 134 valence electrons. The van der Waals surface area contributed by atoms with Gasteiger partial charge in [-0.05, 0) is 42.4 Å². The van der Waals surface area contributed by atoms with Gasteiger partial charge in [0.05, 0.1) is 21.3 Å². The molecule has 0 aromatic heterocycles. The first-order valence-electron chi connectivity index (χ1n) is 8.04. The Hall–Kier alpha value is -2.47. The number of thiocarbonyl (C=S) groups is 1. The molecule has 0 aliphatic rings. The second-order valence-corrected chi connectivity index (χ2v) is 5.79. The molecule has 0 radical (unpaired) electrons. The first-order chi connectivity index (χ1) is 12.1. The monoisotopic (exact) mass is 360 g/mol. The molecule has 0 aliphatic carbocycles. The van der Waals surface area contributed by atoms with Crippen molar-refractivity contribution in [2.24, 2.45) is 0 Å². The van der Waals surface area contributed by atoms with E-state index in [1.54, 1.807) is 27.4 Å². The molecule has 0 unspecified atom stereocenters. The topological polar surface area (TPSA) is 51.8 Å². The third kappa shape index (κ3) is 5.00. The van der Waals surface area contributed by atoms with Gasteiger partial charge in [0.2, 0.25) is 0 Å². The van der Waals surface area contributed by atoms with Crippen LogP contribution in [0, 0.1) is 0 Å². The molecule has 0 aliphatic heterocycles. The number of hydrogen-bond acceptors (Lipinski definition) is 4. The number of nitrogens with one attached hydrogen (secondary N) is 2. The summed E-state index contributed by atoms with van der Waals surface area (Å²) in [6, 6.07) is 11.9. The Balaban J connectivity index is 2.05. The zero-order valence-corrected chi connectivity index (χ0v) is 15.8. The minimum absolute atomic E-state index is 0.503. The van der Waals surface area contributed by atoms with Gasteiger partial charge in [0.15, 0.2) is 16.6 Å². The molecule has 2 rings (SSSR count). The molecule has 0 heterocycles. The van der Waals surface area contributed by atoms with E-state index >= 15 is 0 Å². The molecule has 0 saturated heterocycles.